The van der Waals surface area contributed by atoms with Gasteiger partial charge in [-0.05, 0) is 29.8 Å². The summed E-state index contributed by atoms with van der Waals surface area (Å²) in [6.07, 6.45) is 0. The maximum absolute atomic E-state index is 12.3. The zero-order chi connectivity index (χ0) is 20.6. The van der Waals surface area contributed by atoms with E-state index in [1.165, 1.54) is 10.5 Å². The lowest BCUT2D eigenvalue weighted by atomic mass is 10.1. The Hall–Kier alpha value is -2.70. The summed E-state index contributed by atoms with van der Waals surface area (Å²) in [5, 5.41) is 2.70. The number of benzene rings is 2. The van der Waals surface area contributed by atoms with Crippen molar-refractivity contribution in [3.05, 3.63) is 65.7 Å². The lowest BCUT2D eigenvalue weighted by Gasteiger charge is -2.34. The molecule has 0 aliphatic carbocycles. The number of carbonyl (C=O) groups is 2. The first-order valence-corrected chi connectivity index (χ1v) is 10.2. The van der Waals surface area contributed by atoms with Crippen LogP contribution in [0, 0.1) is 0 Å². The number of rotatable bonds is 6. The van der Waals surface area contributed by atoms with Crippen LogP contribution < -0.4 is 5.32 Å². The summed E-state index contributed by atoms with van der Waals surface area (Å²) in [6.45, 7) is 9.01. The molecule has 1 heterocycles. The zero-order valence-electron chi connectivity index (χ0n) is 17.3. The van der Waals surface area contributed by atoms with Crippen LogP contribution in [-0.2, 0) is 22.7 Å². The Morgan fingerprint density at radius 3 is 2.14 bits per heavy atom. The molecule has 1 aliphatic heterocycles. The van der Waals surface area contributed by atoms with Crippen molar-refractivity contribution in [3.63, 3.8) is 0 Å². The molecule has 0 unspecified atom stereocenters. The molecule has 0 spiro atoms. The molecule has 0 saturated carbocycles. The Balaban J connectivity index is 1.48. The highest BCUT2D eigenvalue weighted by Gasteiger charge is 2.19. The van der Waals surface area contributed by atoms with Crippen molar-refractivity contribution in [1.29, 1.82) is 0 Å². The van der Waals surface area contributed by atoms with Crippen molar-refractivity contribution < 1.29 is 9.59 Å². The number of nitrogens with one attached hydrogen (secondary N) is 1. The third kappa shape index (κ3) is 6.14. The molecule has 1 fully saturated rings. The maximum Gasteiger partial charge on any atom is 0.313 e. The maximum atomic E-state index is 12.3. The van der Waals surface area contributed by atoms with E-state index in [0.29, 0.717) is 12.2 Å². The Labute approximate surface area is 173 Å². The Morgan fingerprint density at radius 2 is 1.52 bits per heavy atom. The minimum absolute atomic E-state index is 0.400. The second kappa shape index (κ2) is 10.2. The standard InChI is InChI=1S/C23H30N4O2/c1-3-26-13-15-27(16-14-26)18-20-9-11-21(12-10-20)24-22(28)23(29)25(2)17-19-7-5-4-6-8-19/h4-12H,3,13-18H2,1-2H3,(H,24,28). The number of hydrogen-bond donors (Lipinski definition) is 1. The van der Waals surface area contributed by atoms with Crippen LogP contribution in [0.15, 0.2) is 54.6 Å². The molecule has 0 bridgehead atoms. The fourth-order valence-corrected chi connectivity index (χ4v) is 3.50. The van der Waals surface area contributed by atoms with Gasteiger partial charge in [0.1, 0.15) is 0 Å². The van der Waals surface area contributed by atoms with Crippen molar-refractivity contribution in [2.24, 2.45) is 0 Å². The molecule has 2 aromatic carbocycles. The average molecular weight is 395 g/mol. The van der Waals surface area contributed by atoms with Gasteiger partial charge in [0.25, 0.3) is 0 Å². The number of amides is 2. The summed E-state index contributed by atoms with van der Waals surface area (Å²) in [4.78, 5) is 31.0. The van der Waals surface area contributed by atoms with Gasteiger partial charge in [-0.2, -0.15) is 0 Å². The summed E-state index contributed by atoms with van der Waals surface area (Å²) in [7, 11) is 1.64. The summed E-state index contributed by atoms with van der Waals surface area (Å²) < 4.78 is 0. The molecule has 2 amide bonds. The smallest absolute Gasteiger partial charge is 0.313 e. The predicted molar refractivity (Wildman–Crippen MR) is 115 cm³/mol. The monoisotopic (exact) mass is 394 g/mol. The van der Waals surface area contributed by atoms with Crippen LogP contribution >= 0.6 is 0 Å². The molecular formula is C23H30N4O2. The van der Waals surface area contributed by atoms with E-state index in [2.05, 4.69) is 22.0 Å². The molecule has 29 heavy (non-hydrogen) atoms. The molecule has 1 saturated heterocycles. The third-order valence-corrected chi connectivity index (χ3v) is 5.33. The van der Waals surface area contributed by atoms with Gasteiger partial charge in [-0.25, -0.2) is 0 Å². The highest BCUT2D eigenvalue weighted by atomic mass is 16.2. The number of hydrogen-bond acceptors (Lipinski definition) is 4. The zero-order valence-corrected chi connectivity index (χ0v) is 17.3. The third-order valence-electron chi connectivity index (χ3n) is 5.33. The predicted octanol–water partition coefficient (Wildman–Crippen LogP) is 2.42. The highest BCUT2D eigenvalue weighted by Crippen LogP contribution is 2.13. The van der Waals surface area contributed by atoms with Gasteiger partial charge in [-0.3, -0.25) is 14.5 Å². The van der Waals surface area contributed by atoms with Gasteiger partial charge in [0.05, 0.1) is 0 Å². The summed E-state index contributed by atoms with van der Waals surface area (Å²) in [5.41, 5.74) is 2.83. The molecule has 1 aliphatic rings. The van der Waals surface area contributed by atoms with Gasteiger partial charge in [-0.15, -0.1) is 0 Å². The molecule has 1 N–H and O–H groups in total. The van der Waals surface area contributed by atoms with Crippen LogP contribution in [0.1, 0.15) is 18.1 Å². The van der Waals surface area contributed by atoms with Crippen molar-refractivity contribution >= 4 is 17.5 Å². The van der Waals surface area contributed by atoms with Crippen LogP contribution in [0.4, 0.5) is 5.69 Å². The average Bonchev–Trinajstić information content (AvgIpc) is 2.75. The minimum atomic E-state index is -0.619. The fraction of sp³-hybridized carbons (Fsp3) is 0.391. The summed E-state index contributed by atoms with van der Waals surface area (Å²) in [5.74, 6) is -1.17. The molecule has 2 aromatic rings. The Kier molecular flexibility index (Phi) is 7.38. The number of likely N-dealkylation sites (N-methyl/N-ethyl adjacent to an activating group) is 2. The Morgan fingerprint density at radius 1 is 0.897 bits per heavy atom. The molecule has 0 aromatic heterocycles. The van der Waals surface area contributed by atoms with E-state index >= 15 is 0 Å². The lowest BCUT2D eigenvalue weighted by molar-refractivity contribution is -0.142. The topological polar surface area (TPSA) is 55.9 Å². The lowest BCUT2D eigenvalue weighted by Crippen LogP contribution is -2.45. The highest BCUT2D eigenvalue weighted by molar-refractivity contribution is 6.39. The van der Waals surface area contributed by atoms with E-state index in [4.69, 9.17) is 0 Å². The van der Waals surface area contributed by atoms with E-state index in [1.54, 1.807) is 7.05 Å². The molecule has 154 valence electrons. The van der Waals surface area contributed by atoms with Gasteiger partial charge in [0.15, 0.2) is 0 Å². The molecule has 6 nitrogen and oxygen atoms in total. The van der Waals surface area contributed by atoms with Crippen LogP contribution in [0.5, 0.6) is 0 Å². The molecule has 3 rings (SSSR count). The van der Waals surface area contributed by atoms with Crippen LogP contribution in [0.25, 0.3) is 0 Å². The summed E-state index contributed by atoms with van der Waals surface area (Å²) >= 11 is 0. The SMILES string of the molecule is CCN1CCN(Cc2ccc(NC(=O)C(=O)N(C)Cc3ccccc3)cc2)CC1. The van der Waals surface area contributed by atoms with Gasteiger partial charge in [-0.1, -0.05) is 49.4 Å². The van der Waals surface area contributed by atoms with Crippen molar-refractivity contribution in [1.82, 2.24) is 14.7 Å². The minimum Gasteiger partial charge on any atom is -0.333 e. The summed E-state index contributed by atoms with van der Waals surface area (Å²) in [6, 6.07) is 17.4. The fourth-order valence-electron chi connectivity index (χ4n) is 3.50. The first-order chi connectivity index (χ1) is 14.0. The number of anilines is 1. The molecule has 0 radical (unpaired) electrons. The van der Waals surface area contributed by atoms with Crippen LogP contribution in [0.3, 0.4) is 0 Å². The second-order valence-corrected chi connectivity index (χ2v) is 7.51. The van der Waals surface area contributed by atoms with Gasteiger partial charge in [0.2, 0.25) is 0 Å². The van der Waals surface area contributed by atoms with Crippen molar-refractivity contribution in [3.8, 4) is 0 Å². The largest absolute Gasteiger partial charge is 0.333 e. The number of piperazine rings is 1. The van der Waals surface area contributed by atoms with E-state index in [1.807, 2.05) is 54.6 Å². The van der Waals surface area contributed by atoms with Crippen molar-refractivity contribution in [2.45, 2.75) is 20.0 Å². The number of nitrogens with zero attached hydrogens (tertiary/aromatic N) is 3. The van der Waals surface area contributed by atoms with Gasteiger partial charge < -0.3 is 15.1 Å². The molecular weight excluding hydrogens is 364 g/mol. The molecule has 0 atom stereocenters. The number of carbonyl (C=O) groups excluding carboxylic acids is 2. The normalized spacial score (nSPS) is 15.1. The van der Waals surface area contributed by atoms with E-state index in [-0.39, 0.29) is 0 Å². The first-order valence-electron chi connectivity index (χ1n) is 10.2. The van der Waals surface area contributed by atoms with E-state index in [9.17, 15) is 9.59 Å². The van der Waals surface area contributed by atoms with E-state index in [0.717, 1.165) is 44.8 Å². The molecule has 6 heteroatoms. The van der Waals surface area contributed by atoms with Gasteiger partial charge >= 0.3 is 11.8 Å². The van der Waals surface area contributed by atoms with E-state index < -0.39 is 11.8 Å². The second-order valence-electron chi connectivity index (χ2n) is 7.51. The van der Waals surface area contributed by atoms with Crippen molar-refractivity contribution in [2.75, 3.05) is 45.1 Å². The first kappa shape index (κ1) is 21.0. The van der Waals surface area contributed by atoms with Gasteiger partial charge in [0, 0.05) is 52.0 Å². The Bertz CT molecular complexity index is 799. The van der Waals surface area contributed by atoms with Crippen LogP contribution in [0.2, 0.25) is 0 Å². The van der Waals surface area contributed by atoms with Crippen LogP contribution in [-0.4, -0.2) is 66.3 Å². The quantitative estimate of drug-likeness (QED) is 0.765.